The van der Waals surface area contributed by atoms with Gasteiger partial charge in [0.05, 0.1) is 33.1 Å². The van der Waals surface area contributed by atoms with E-state index < -0.39 is 9.84 Å². The highest BCUT2D eigenvalue weighted by Gasteiger charge is 2.20. The Morgan fingerprint density at radius 3 is 2.00 bits per heavy atom. The Morgan fingerprint density at radius 1 is 0.793 bits per heavy atom. The number of benzene rings is 3. The summed E-state index contributed by atoms with van der Waals surface area (Å²) in [5, 5.41) is 0. The number of fused-ring (bicyclic) bond motifs is 1. The quantitative estimate of drug-likeness (QED) is 0.402. The normalized spacial score (nSPS) is 11.7. The molecule has 0 saturated carbocycles. The first-order valence-electron chi connectivity index (χ1n) is 9.19. The lowest BCUT2D eigenvalue weighted by molar-refractivity contribution is 0.594. The van der Waals surface area contributed by atoms with E-state index in [0.717, 1.165) is 15.6 Å². The van der Waals surface area contributed by atoms with Crippen LogP contribution in [0, 0.1) is 6.92 Å². The van der Waals surface area contributed by atoms with Crippen molar-refractivity contribution in [1.29, 1.82) is 0 Å². The van der Waals surface area contributed by atoms with E-state index >= 15 is 0 Å². The van der Waals surface area contributed by atoms with Crippen molar-refractivity contribution in [3.63, 3.8) is 0 Å². The molecule has 146 valence electrons. The summed E-state index contributed by atoms with van der Waals surface area (Å²) in [6.07, 6.45) is 0.531. The van der Waals surface area contributed by atoms with E-state index in [4.69, 9.17) is 4.98 Å². The molecule has 0 spiro atoms. The number of aromatic nitrogens is 2. The standard InChI is InChI=1S/C23H19BrN2O2S/c1-16-6-8-17(9-7-16)14-22-23(26-21-5-3-2-4-20(21)25-22)15-29(27,28)19-12-10-18(24)11-13-19/h2-13H,14-15H2,1H3. The van der Waals surface area contributed by atoms with Crippen molar-refractivity contribution < 1.29 is 8.42 Å². The van der Waals surface area contributed by atoms with Gasteiger partial charge in [-0.05, 0) is 48.9 Å². The molecule has 0 saturated heterocycles. The fourth-order valence-corrected chi connectivity index (χ4v) is 4.71. The van der Waals surface area contributed by atoms with Crippen LogP contribution in [0.1, 0.15) is 22.5 Å². The Bertz CT molecular complexity index is 1270. The average molecular weight is 467 g/mol. The highest BCUT2D eigenvalue weighted by molar-refractivity contribution is 9.10. The molecule has 0 bridgehead atoms. The Kier molecular flexibility index (Phi) is 5.48. The molecule has 1 heterocycles. The second-order valence-corrected chi connectivity index (χ2v) is 9.89. The first-order valence-corrected chi connectivity index (χ1v) is 11.6. The molecular formula is C23H19BrN2O2S. The zero-order valence-corrected chi connectivity index (χ0v) is 18.2. The Labute approximate surface area is 178 Å². The molecule has 6 heteroatoms. The summed E-state index contributed by atoms with van der Waals surface area (Å²) in [5.74, 6) is -0.187. The SMILES string of the molecule is Cc1ccc(Cc2nc3ccccc3nc2CS(=O)(=O)c2ccc(Br)cc2)cc1. The molecule has 0 N–H and O–H groups in total. The molecule has 3 aromatic carbocycles. The number of sulfone groups is 1. The molecule has 0 amide bonds. The topological polar surface area (TPSA) is 59.9 Å². The van der Waals surface area contributed by atoms with Crippen LogP contribution in [0.4, 0.5) is 0 Å². The van der Waals surface area contributed by atoms with Gasteiger partial charge in [-0.25, -0.2) is 18.4 Å². The van der Waals surface area contributed by atoms with Crippen LogP contribution in [0.15, 0.2) is 82.2 Å². The average Bonchev–Trinajstić information content (AvgIpc) is 2.70. The monoisotopic (exact) mass is 466 g/mol. The smallest absolute Gasteiger partial charge is 0.184 e. The molecular weight excluding hydrogens is 448 g/mol. The van der Waals surface area contributed by atoms with Crippen molar-refractivity contribution in [2.45, 2.75) is 24.0 Å². The van der Waals surface area contributed by atoms with E-state index in [1.54, 1.807) is 24.3 Å². The van der Waals surface area contributed by atoms with E-state index in [0.29, 0.717) is 23.3 Å². The minimum atomic E-state index is -3.54. The van der Waals surface area contributed by atoms with E-state index in [-0.39, 0.29) is 10.6 Å². The van der Waals surface area contributed by atoms with E-state index in [1.165, 1.54) is 5.56 Å². The molecule has 0 aliphatic heterocycles. The van der Waals surface area contributed by atoms with Gasteiger partial charge in [0.15, 0.2) is 9.84 Å². The second kappa shape index (κ2) is 8.05. The summed E-state index contributed by atoms with van der Waals surface area (Å²) < 4.78 is 26.9. The molecule has 1 aromatic heterocycles. The van der Waals surface area contributed by atoms with Crippen LogP contribution in [0.2, 0.25) is 0 Å². The molecule has 0 atom stereocenters. The van der Waals surface area contributed by atoms with Crippen LogP contribution in [-0.4, -0.2) is 18.4 Å². The van der Waals surface area contributed by atoms with Crippen molar-refractivity contribution in [3.8, 4) is 0 Å². The number of hydrogen-bond donors (Lipinski definition) is 0. The molecule has 4 rings (SSSR count). The fourth-order valence-electron chi connectivity index (χ4n) is 3.13. The predicted molar refractivity (Wildman–Crippen MR) is 119 cm³/mol. The third kappa shape index (κ3) is 4.54. The van der Waals surface area contributed by atoms with Crippen molar-refractivity contribution in [2.24, 2.45) is 0 Å². The number of nitrogens with zero attached hydrogens (tertiary/aromatic N) is 2. The van der Waals surface area contributed by atoms with Gasteiger partial charge in [0, 0.05) is 10.9 Å². The number of aryl methyl sites for hydroxylation is 1. The molecule has 0 unspecified atom stereocenters. The van der Waals surface area contributed by atoms with Gasteiger partial charge in [-0.2, -0.15) is 0 Å². The molecule has 0 fully saturated rings. The first kappa shape index (κ1) is 19.7. The van der Waals surface area contributed by atoms with Gasteiger partial charge in [-0.3, -0.25) is 0 Å². The van der Waals surface area contributed by atoms with E-state index in [1.807, 2.05) is 55.5 Å². The zero-order valence-electron chi connectivity index (χ0n) is 15.8. The van der Waals surface area contributed by atoms with Crippen molar-refractivity contribution in [2.75, 3.05) is 0 Å². The lowest BCUT2D eigenvalue weighted by atomic mass is 10.1. The molecule has 29 heavy (non-hydrogen) atoms. The van der Waals surface area contributed by atoms with Gasteiger partial charge < -0.3 is 0 Å². The summed E-state index contributed by atoms with van der Waals surface area (Å²) in [4.78, 5) is 9.69. The van der Waals surface area contributed by atoms with Crippen LogP contribution in [0.25, 0.3) is 11.0 Å². The molecule has 0 aliphatic carbocycles. The van der Waals surface area contributed by atoms with Crippen LogP contribution >= 0.6 is 15.9 Å². The van der Waals surface area contributed by atoms with Crippen LogP contribution < -0.4 is 0 Å². The molecule has 4 nitrogen and oxygen atoms in total. The Morgan fingerprint density at radius 2 is 1.38 bits per heavy atom. The Hall–Kier alpha value is -2.57. The summed E-state index contributed by atoms with van der Waals surface area (Å²) in [7, 11) is -3.54. The minimum absolute atomic E-state index is 0.187. The van der Waals surface area contributed by atoms with Gasteiger partial charge in [-0.1, -0.05) is 57.9 Å². The number of para-hydroxylation sites is 2. The summed E-state index contributed by atoms with van der Waals surface area (Å²) >= 11 is 3.34. The first-order chi connectivity index (χ1) is 13.9. The molecule has 0 aliphatic rings. The predicted octanol–water partition coefficient (Wildman–Crippen LogP) is 5.27. The summed E-state index contributed by atoms with van der Waals surface area (Å²) in [6.45, 7) is 2.04. The highest BCUT2D eigenvalue weighted by Crippen LogP contribution is 2.23. The maximum Gasteiger partial charge on any atom is 0.184 e. The van der Waals surface area contributed by atoms with Crippen LogP contribution in [0.5, 0.6) is 0 Å². The van der Waals surface area contributed by atoms with Gasteiger partial charge >= 0.3 is 0 Å². The van der Waals surface area contributed by atoms with Crippen LogP contribution in [-0.2, 0) is 22.0 Å². The Balaban J connectivity index is 1.77. The fraction of sp³-hybridized carbons (Fsp3) is 0.130. The third-order valence-electron chi connectivity index (χ3n) is 4.72. The maximum atomic E-state index is 13.0. The highest BCUT2D eigenvalue weighted by atomic mass is 79.9. The van der Waals surface area contributed by atoms with Crippen molar-refractivity contribution in [1.82, 2.24) is 9.97 Å². The van der Waals surface area contributed by atoms with Crippen LogP contribution in [0.3, 0.4) is 0 Å². The lowest BCUT2D eigenvalue weighted by Gasteiger charge is -2.11. The van der Waals surface area contributed by atoms with Crippen molar-refractivity contribution in [3.05, 3.63) is 99.8 Å². The zero-order chi connectivity index (χ0) is 20.4. The second-order valence-electron chi connectivity index (χ2n) is 6.98. The van der Waals surface area contributed by atoms with Crippen molar-refractivity contribution >= 4 is 36.8 Å². The van der Waals surface area contributed by atoms with E-state index in [2.05, 4.69) is 20.9 Å². The van der Waals surface area contributed by atoms with Gasteiger partial charge in [0.1, 0.15) is 0 Å². The maximum absolute atomic E-state index is 13.0. The minimum Gasteiger partial charge on any atom is -0.249 e. The van der Waals surface area contributed by atoms with Gasteiger partial charge in [-0.15, -0.1) is 0 Å². The largest absolute Gasteiger partial charge is 0.249 e. The third-order valence-corrected chi connectivity index (χ3v) is 6.89. The van der Waals surface area contributed by atoms with Gasteiger partial charge in [0.2, 0.25) is 0 Å². The summed E-state index contributed by atoms with van der Waals surface area (Å²) in [5.41, 5.74) is 4.89. The number of halogens is 1. The van der Waals surface area contributed by atoms with Gasteiger partial charge in [0.25, 0.3) is 0 Å². The molecule has 4 aromatic rings. The summed E-state index contributed by atoms with van der Waals surface area (Å²) in [6, 6.07) is 22.4. The number of hydrogen-bond acceptors (Lipinski definition) is 4. The molecule has 0 radical (unpaired) electrons. The number of rotatable bonds is 5. The lowest BCUT2D eigenvalue weighted by Crippen LogP contribution is -2.11. The van der Waals surface area contributed by atoms with E-state index in [9.17, 15) is 8.42 Å².